The van der Waals surface area contributed by atoms with Gasteiger partial charge >= 0.3 is 11.9 Å². The number of hydrogen-bond donors (Lipinski definition) is 2. The molecule has 4 atom stereocenters. The first kappa shape index (κ1) is 39.1. The second-order valence-electron chi connectivity index (χ2n) is 13.1. The zero-order valence-corrected chi connectivity index (χ0v) is 29.8. The number of hydrogen-bond acceptors (Lipinski definition) is 8. The SMILES string of the molecule is CCC(C)C(NC(=O)c1cccc(F)c1SSc1c(F)cccc1C(=O)NC(C(=O)OC(C)(C)C)C(C)CC)C(=O)OC(C)(C)C. The highest BCUT2D eigenvalue weighted by Gasteiger charge is 2.33. The van der Waals surface area contributed by atoms with E-state index in [1.54, 1.807) is 55.4 Å². The lowest BCUT2D eigenvalue weighted by Crippen LogP contribution is -2.48. The number of carbonyl (C=O) groups is 4. The van der Waals surface area contributed by atoms with Gasteiger partial charge in [-0.1, -0.05) is 52.7 Å². The van der Waals surface area contributed by atoms with Crippen molar-refractivity contribution in [3.63, 3.8) is 0 Å². The van der Waals surface area contributed by atoms with Crippen LogP contribution in [0.4, 0.5) is 8.78 Å². The topological polar surface area (TPSA) is 111 Å². The Bertz CT molecular complexity index is 1300. The molecule has 0 aromatic heterocycles. The van der Waals surface area contributed by atoms with Crippen molar-refractivity contribution >= 4 is 45.3 Å². The van der Waals surface area contributed by atoms with Crippen molar-refractivity contribution in [2.45, 2.75) is 115 Å². The summed E-state index contributed by atoms with van der Waals surface area (Å²) in [7, 11) is 1.51. The van der Waals surface area contributed by atoms with E-state index < -0.39 is 58.7 Å². The third-order valence-electron chi connectivity index (χ3n) is 6.95. The fraction of sp³-hybridized carbons (Fsp3) is 0.529. The molecule has 0 saturated carbocycles. The number of carbonyl (C=O) groups excluding carboxylic acids is 4. The first-order chi connectivity index (χ1) is 21.3. The molecule has 2 N–H and O–H groups in total. The maximum Gasteiger partial charge on any atom is 0.329 e. The molecule has 0 aliphatic rings. The highest BCUT2D eigenvalue weighted by atomic mass is 33.1. The Labute approximate surface area is 278 Å². The van der Waals surface area contributed by atoms with E-state index in [2.05, 4.69) is 10.6 Å². The minimum atomic E-state index is -0.990. The number of esters is 2. The molecule has 0 aliphatic heterocycles. The van der Waals surface area contributed by atoms with E-state index in [0.29, 0.717) is 12.8 Å². The van der Waals surface area contributed by atoms with Gasteiger partial charge in [-0.2, -0.15) is 0 Å². The monoisotopic (exact) mass is 680 g/mol. The highest BCUT2D eigenvalue weighted by molar-refractivity contribution is 8.76. The van der Waals surface area contributed by atoms with Crippen LogP contribution in [0.5, 0.6) is 0 Å². The average Bonchev–Trinajstić information content (AvgIpc) is 2.95. The zero-order valence-electron chi connectivity index (χ0n) is 28.2. The van der Waals surface area contributed by atoms with Gasteiger partial charge in [0.2, 0.25) is 0 Å². The van der Waals surface area contributed by atoms with Crippen LogP contribution >= 0.6 is 21.6 Å². The Hall–Kier alpha value is -3.12. The van der Waals surface area contributed by atoms with Gasteiger partial charge in [-0.3, -0.25) is 9.59 Å². The van der Waals surface area contributed by atoms with Crippen LogP contribution in [-0.4, -0.2) is 47.0 Å². The second kappa shape index (κ2) is 16.6. The van der Waals surface area contributed by atoms with Crippen LogP contribution in [0.1, 0.15) is 103 Å². The maximum absolute atomic E-state index is 15.2. The largest absolute Gasteiger partial charge is 0.458 e. The molecule has 8 nitrogen and oxygen atoms in total. The lowest BCUT2D eigenvalue weighted by Gasteiger charge is -2.28. The first-order valence-corrected chi connectivity index (χ1v) is 17.4. The molecule has 0 fully saturated rings. The van der Waals surface area contributed by atoms with Crippen molar-refractivity contribution in [1.29, 1.82) is 0 Å². The Morgan fingerprint density at radius 2 is 1.00 bits per heavy atom. The summed E-state index contributed by atoms with van der Waals surface area (Å²) in [5.41, 5.74) is -1.71. The standard InChI is InChI=1S/C34H46F2N2O6S2/c1-11-19(3)25(31(41)43-33(5,6)7)37-29(39)21-15-13-17-23(35)27(21)45-46-28-22(16-14-18-24(28)36)30(40)38-26(20(4)12-2)32(42)44-34(8,9)10/h13-20,25-26H,11-12H2,1-10H3,(H,37,39)(H,38,40). The average molecular weight is 681 g/mol. The number of ether oxygens (including phenoxy) is 2. The fourth-order valence-electron chi connectivity index (χ4n) is 4.13. The third kappa shape index (κ3) is 11.3. The summed E-state index contributed by atoms with van der Waals surface area (Å²) < 4.78 is 41.4. The molecule has 2 aromatic rings. The second-order valence-corrected chi connectivity index (χ2v) is 15.3. The molecular weight excluding hydrogens is 635 g/mol. The summed E-state index contributed by atoms with van der Waals surface area (Å²) in [6.45, 7) is 17.7. The molecule has 0 bridgehead atoms. The molecule has 4 unspecified atom stereocenters. The van der Waals surface area contributed by atoms with E-state index in [1.807, 2.05) is 13.8 Å². The lowest BCUT2D eigenvalue weighted by atomic mass is 9.98. The molecule has 254 valence electrons. The summed E-state index contributed by atoms with van der Waals surface area (Å²) in [6.07, 6.45) is 1.13. The predicted octanol–water partition coefficient (Wildman–Crippen LogP) is 7.74. The summed E-state index contributed by atoms with van der Waals surface area (Å²) in [5, 5.41) is 5.39. The quantitative estimate of drug-likeness (QED) is 0.163. The highest BCUT2D eigenvalue weighted by Crippen LogP contribution is 2.43. The molecule has 12 heteroatoms. The maximum atomic E-state index is 15.2. The molecule has 0 radical (unpaired) electrons. The molecule has 2 rings (SSSR count). The number of benzene rings is 2. The Morgan fingerprint density at radius 1 is 0.674 bits per heavy atom. The third-order valence-corrected chi connectivity index (χ3v) is 9.45. The van der Waals surface area contributed by atoms with Crippen LogP contribution in [-0.2, 0) is 19.1 Å². The van der Waals surface area contributed by atoms with Gasteiger partial charge < -0.3 is 20.1 Å². The molecular formula is C34H46F2N2O6S2. The smallest absolute Gasteiger partial charge is 0.329 e. The van der Waals surface area contributed by atoms with E-state index in [-0.39, 0.29) is 32.8 Å². The Morgan fingerprint density at radius 3 is 1.28 bits per heavy atom. The summed E-state index contributed by atoms with van der Waals surface area (Å²) in [6, 6.07) is 5.86. The van der Waals surface area contributed by atoms with Gasteiger partial charge in [0.1, 0.15) is 34.9 Å². The minimum Gasteiger partial charge on any atom is -0.458 e. The van der Waals surface area contributed by atoms with Gasteiger partial charge in [-0.15, -0.1) is 0 Å². The molecule has 2 amide bonds. The molecule has 0 aliphatic carbocycles. The number of halogens is 2. The van der Waals surface area contributed by atoms with Gasteiger partial charge in [0, 0.05) is 0 Å². The van der Waals surface area contributed by atoms with E-state index in [4.69, 9.17) is 9.47 Å². The van der Waals surface area contributed by atoms with E-state index in [0.717, 1.165) is 33.7 Å². The van der Waals surface area contributed by atoms with E-state index >= 15 is 8.78 Å². The van der Waals surface area contributed by atoms with Crippen LogP contribution in [0.3, 0.4) is 0 Å². The van der Waals surface area contributed by atoms with Crippen LogP contribution in [0, 0.1) is 23.5 Å². The van der Waals surface area contributed by atoms with Crippen LogP contribution < -0.4 is 10.6 Å². The van der Waals surface area contributed by atoms with Gasteiger partial charge in [0.15, 0.2) is 0 Å². The Kier molecular flexibility index (Phi) is 14.1. The summed E-state index contributed by atoms with van der Waals surface area (Å²) in [4.78, 5) is 52.6. The van der Waals surface area contributed by atoms with Gasteiger partial charge in [-0.05, 0) is 99.2 Å². The number of rotatable bonds is 13. The van der Waals surface area contributed by atoms with Crippen molar-refractivity contribution in [1.82, 2.24) is 10.6 Å². The lowest BCUT2D eigenvalue weighted by molar-refractivity contribution is -0.159. The fourth-order valence-corrected chi connectivity index (χ4v) is 6.61. The van der Waals surface area contributed by atoms with Crippen molar-refractivity contribution in [3.05, 3.63) is 59.2 Å². The van der Waals surface area contributed by atoms with Crippen molar-refractivity contribution in [3.8, 4) is 0 Å². The molecule has 0 heterocycles. The van der Waals surface area contributed by atoms with Crippen LogP contribution in [0.2, 0.25) is 0 Å². The van der Waals surface area contributed by atoms with Crippen LogP contribution in [0.15, 0.2) is 46.2 Å². The zero-order chi connectivity index (χ0) is 35.0. The molecule has 0 spiro atoms. The van der Waals surface area contributed by atoms with Gasteiger partial charge in [-0.25, -0.2) is 18.4 Å². The minimum absolute atomic E-state index is 0.0709. The van der Waals surface area contributed by atoms with Gasteiger partial charge in [0.25, 0.3) is 11.8 Å². The predicted molar refractivity (Wildman–Crippen MR) is 178 cm³/mol. The first-order valence-electron chi connectivity index (χ1n) is 15.3. The summed E-state index contributed by atoms with van der Waals surface area (Å²) >= 11 is 0. The number of amides is 2. The van der Waals surface area contributed by atoms with Crippen LogP contribution in [0.25, 0.3) is 0 Å². The van der Waals surface area contributed by atoms with Crippen molar-refractivity contribution in [2.75, 3.05) is 0 Å². The molecule has 2 aromatic carbocycles. The van der Waals surface area contributed by atoms with Crippen molar-refractivity contribution < 1.29 is 37.4 Å². The van der Waals surface area contributed by atoms with Gasteiger partial charge in [0.05, 0.1) is 20.9 Å². The molecule has 0 saturated heterocycles. The Balaban J connectivity index is 2.39. The van der Waals surface area contributed by atoms with Crippen molar-refractivity contribution in [2.24, 2.45) is 11.8 Å². The summed E-state index contributed by atoms with van der Waals surface area (Å²) in [5.74, 6) is -4.69. The number of nitrogens with one attached hydrogen (secondary N) is 2. The van der Waals surface area contributed by atoms with E-state index in [1.165, 1.54) is 24.3 Å². The molecule has 46 heavy (non-hydrogen) atoms. The van der Waals surface area contributed by atoms with E-state index in [9.17, 15) is 19.2 Å². The normalized spacial score (nSPS) is 14.4.